The molecule has 0 atom stereocenters. The maximum Gasteiger partial charge on any atom is 0.323 e. The van der Waals surface area contributed by atoms with E-state index in [0.717, 1.165) is 17.0 Å². The lowest BCUT2D eigenvalue weighted by molar-refractivity contribution is -0.138. The van der Waals surface area contributed by atoms with Crippen LogP contribution in [0.25, 0.3) is 0 Å². The van der Waals surface area contributed by atoms with Crippen molar-refractivity contribution in [3.05, 3.63) is 29.8 Å². The van der Waals surface area contributed by atoms with E-state index < -0.39 is 41.4 Å². The Morgan fingerprint density at radius 2 is 1.75 bits per heavy atom. The SMILES string of the molecule is CC(C)(C)N(CC(=O)O)C(=O)Nc1c(F)cccc1F. The molecule has 0 saturated carbocycles. The normalized spacial score (nSPS) is 11.1. The number of carboxylic acid groups (broad SMARTS) is 1. The Morgan fingerprint density at radius 3 is 2.15 bits per heavy atom. The average molecular weight is 286 g/mol. The summed E-state index contributed by atoms with van der Waals surface area (Å²) in [4.78, 5) is 23.8. The van der Waals surface area contributed by atoms with Gasteiger partial charge in [0, 0.05) is 5.54 Å². The number of amides is 2. The van der Waals surface area contributed by atoms with Crippen LogP contribution in [0.15, 0.2) is 18.2 Å². The van der Waals surface area contributed by atoms with Gasteiger partial charge in [-0.15, -0.1) is 0 Å². The van der Waals surface area contributed by atoms with E-state index in [2.05, 4.69) is 5.32 Å². The van der Waals surface area contributed by atoms with E-state index in [0.29, 0.717) is 0 Å². The molecule has 0 saturated heterocycles. The Morgan fingerprint density at radius 1 is 1.25 bits per heavy atom. The van der Waals surface area contributed by atoms with Gasteiger partial charge in [0.15, 0.2) is 0 Å². The molecule has 2 amide bonds. The number of rotatable bonds is 3. The molecule has 0 aliphatic heterocycles. The maximum absolute atomic E-state index is 13.4. The predicted octanol–water partition coefficient (Wildman–Crippen LogP) is 2.68. The summed E-state index contributed by atoms with van der Waals surface area (Å²) in [6.07, 6.45) is 0. The van der Waals surface area contributed by atoms with Crippen LogP contribution in [0, 0.1) is 11.6 Å². The van der Waals surface area contributed by atoms with E-state index in [9.17, 15) is 18.4 Å². The molecule has 0 fully saturated rings. The minimum atomic E-state index is -1.22. The van der Waals surface area contributed by atoms with Crippen LogP contribution in [-0.4, -0.2) is 34.1 Å². The number of anilines is 1. The zero-order valence-corrected chi connectivity index (χ0v) is 11.4. The molecular formula is C13H16F2N2O3. The molecule has 20 heavy (non-hydrogen) atoms. The number of halogens is 2. The molecule has 1 rings (SSSR count). The molecule has 0 radical (unpaired) electrons. The van der Waals surface area contributed by atoms with Crippen molar-refractivity contribution in [3.8, 4) is 0 Å². The first-order valence-corrected chi connectivity index (χ1v) is 5.87. The standard InChI is InChI=1S/C13H16F2N2O3/c1-13(2,3)17(7-10(18)19)12(20)16-11-8(14)5-4-6-9(11)15/h4-6H,7H2,1-3H3,(H,16,20)(H,18,19). The second kappa shape index (κ2) is 5.85. The largest absolute Gasteiger partial charge is 0.480 e. The number of carbonyl (C=O) groups is 2. The Balaban J connectivity index is 3.00. The summed E-state index contributed by atoms with van der Waals surface area (Å²) in [6.45, 7) is 4.28. The van der Waals surface area contributed by atoms with Gasteiger partial charge >= 0.3 is 12.0 Å². The molecule has 0 aliphatic carbocycles. The van der Waals surface area contributed by atoms with Crippen LogP contribution in [0.5, 0.6) is 0 Å². The van der Waals surface area contributed by atoms with Gasteiger partial charge in [-0.3, -0.25) is 4.79 Å². The van der Waals surface area contributed by atoms with Gasteiger partial charge < -0.3 is 15.3 Å². The van der Waals surface area contributed by atoms with Crippen LogP contribution in [0.4, 0.5) is 19.3 Å². The quantitative estimate of drug-likeness (QED) is 0.897. The van der Waals surface area contributed by atoms with Crippen molar-refractivity contribution < 1.29 is 23.5 Å². The number of benzene rings is 1. The molecule has 7 heteroatoms. The first kappa shape index (κ1) is 15.9. The summed E-state index contributed by atoms with van der Waals surface area (Å²) in [7, 11) is 0. The Labute approximate surface area is 115 Å². The molecular weight excluding hydrogens is 270 g/mol. The van der Waals surface area contributed by atoms with Gasteiger partial charge in [0.25, 0.3) is 0 Å². The molecule has 0 aliphatic rings. The third-order valence-electron chi connectivity index (χ3n) is 2.54. The number of hydrogen-bond donors (Lipinski definition) is 2. The monoisotopic (exact) mass is 286 g/mol. The molecule has 5 nitrogen and oxygen atoms in total. The highest BCUT2D eigenvalue weighted by molar-refractivity contribution is 5.92. The molecule has 110 valence electrons. The lowest BCUT2D eigenvalue weighted by atomic mass is 10.1. The topological polar surface area (TPSA) is 69.6 Å². The summed E-state index contributed by atoms with van der Waals surface area (Å²) < 4.78 is 26.9. The highest BCUT2D eigenvalue weighted by atomic mass is 19.1. The van der Waals surface area contributed by atoms with Crippen molar-refractivity contribution >= 4 is 17.7 Å². The van der Waals surface area contributed by atoms with Crippen molar-refractivity contribution in [1.29, 1.82) is 0 Å². The van der Waals surface area contributed by atoms with Crippen molar-refractivity contribution in [1.82, 2.24) is 4.90 Å². The van der Waals surface area contributed by atoms with E-state index in [4.69, 9.17) is 5.11 Å². The minimum Gasteiger partial charge on any atom is -0.480 e. The van der Waals surface area contributed by atoms with Gasteiger partial charge in [-0.2, -0.15) is 0 Å². The first-order valence-electron chi connectivity index (χ1n) is 5.87. The van der Waals surface area contributed by atoms with Crippen LogP contribution in [0.1, 0.15) is 20.8 Å². The van der Waals surface area contributed by atoms with Crippen LogP contribution < -0.4 is 5.32 Å². The molecule has 0 spiro atoms. The summed E-state index contributed by atoms with van der Waals surface area (Å²) in [6, 6.07) is 2.28. The third-order valence-corrected chi connectivity index (χ3v) is 2.54. The fourth-order valence-electron chi connectivity index (χ4n) is 1.54. The third kappa shape index (κ3) is 3.91. The number of urea groups is 1. The number of nitrogens with zero attached hydrogens (tertiary/aromatic N) is 1. The highest BCUT2D eigenvalue weighted by Crippen LogP contribution is 2.20. The van der Waals surface area contributed by atoms with Crippen molar-refractivity contribution in [3.63, 3.8) is 0 Å². The molecule has 1 aromatic rings. The van der Waals surface area contributed by atoms with Gasteiger partial charge in [-0.05, 0) is 32.9 Å². The maximum atomic E-state index is 13.4. The lowest BCUT2D eigenvalue weighted by Crippen LogP contribution is -2.50. The van der Waals surface area contributed by atoms with E-state index in [1.165, 1.54) is 6.07 Å². The van der Waals surface area contributed by atoms with E-state index in [1.807, 2.05) is 0 Å². The number of carbonyl (C=O) groups excluding carboxylic acids is 1. The van der Waals surface area contributed by atoms with Gasteiger partial charge in [0.1, 0.15) is 23.9 Å². The van der Waals surface area contributed by atoms with Crippen LogP contribution >= 0.6 is 0 Å². The van der Waals surface area contributed by atoms with Gasteiger partial charge in [0.05, 0.1) is 0 Å². The Kier molecular flexibility index (Phi) is 4.65. The second-order valence-electron chi connectivity index (χ2n) is 5.18. The zero-order chi connectivity index (χ0) is 15.5. The minimum absolute atomic E-state index is 0.578. The molecule has 2 N–H and O–H groups in total. The number of aliphatic carboxylic acids is 1. The average Bonchev–Trinajstić information content (AvgIpc) is 2.29. The fourth-order valence-corrected chi connectivity index (χ4v) is 1.54. The van der Waals surface area contributed by atoms with Gasteiger partial charge in [-0.1, -0.05) is 6.07 Å². The first-order chi connectivity index (χ1) is 9.12. The molecule has 0 aromatic heterocycles. The van der Waals surface area contributed by atoms with Crippen molar-refractivity contribution in [2.45, 2.75) is 26.3 Å². The van der Waals surface area contributed by atoms with Crippen molar-refractivity contribution in [2.24, 2.45) is 0 Å². The van der Waals surface area contributed by atoms with Gasteiger partial charge in [-0.25, -0.2) is 13.6 Å². The van der Waals surface area contributed by atoms with Crippen LogP contribution in [0.2, 0.25) is 0 Å². The molecule has 0 bridgehead atoms. The summed E-state index contributed by atoms with van der Waals surface area (Å²) in [5, 5.41) is 10.9. The number of carboxylic acids is 1. The van der Waals surface area contributed by atoms with Gasteiger partial charge in [0.2, 0.25) is 0 Å². The van der Waals surface area contributed by atoms with Crippen molar-refractivity contribution in [2.75, 3.05) is 11.9 Å². The summed E-state index contributed by atoms with van der Waals surface area (Å²) >= 11 is 0. The van der Waals surface area contributed by atoms with E-state index >= 15 is 0 Å². The summed E-state index contributed by atoms with van der Waals surface area (Å²) in [5.74, 6) is -3.07. The number of nitrogens with one attached hydrogen (secondary N) is 1. The highest BCUT2D eigenvalue weighted by Gasteiger charge is 2.29. The predicted molar refractivity (Wildman–Crippen MR) is 69.5 cm³/mol. The second-order valence-corrected chi connectivity index (χ2v) is 5.18. The van der Waals surface area contributed by atoms with E-state index in [-0.39, 0.29) is 0 Å². The Bertz CT molecular complexity index is 507. The zero-order valence-electron chi connectivity index (χ0n) is 11.4. The fraction of sp³-hybridized carbons (Fsp3) is 0.385. The number of hydrogen-bond acceptors (Lipinski definition) is 2. The van der Waals surface area contributed by atoms with Crippen LogP contribution in [-0.2, 0) is 4.79 Å². The van der Waals surface area contributed by atoms with Crippen LogP contribution in [0.3, 0.4) is 0 Å². The smallest absolute Gasteiger partial charge is 0.323 e. The molecule has 1 aromatic carbocycles. The lowest BCUT2D eigenvalue weighted by Gasteiger charge is -2.34. The Hall–Kier alpha value is -2.18. The molecule has 0 heterocycles. The molecule has 0 unspecified atom stereocenters. The van der Waals surface area contributed by atoms with E-state index in [1.54, 1.807) is 20.8 Å². The summed E-state index contributed by atoms with van der Waals surface area (Å²) in [5.41, 5.74) is -1.42. The number of para-hydroxylation sites is 1.